The minimum Gasteiger partial charge on any atom is -0.497 e. The number of amides is 1. The Balaban J connectivity index is 1.49. The Morgan fingerprint density at radius 2 is 1.97 bits per heavy atom. The summed E-state index contributed by atoms with van der Waals surface area (Å²) in [6, 6.07) is 15.5. The smallest absolute Gasteiger partial charge is 0.253 e. The fourth-order valence-corrected chi connectivity index (χ4v) is 3.58. The van der Waals surface area contributed by atoms with Crippen LogP contribution in [-0.4, -0.2) is 38.7 Å². The Hall–Kier alpha value is -3.61. The Morgan fingerprint density at radius 3 is 2.79 bits per heavy atom. The Morgan fingerprint density at radius 1 is 1.10 bits per heavy atom. The first-order valence-corrected chi connectivity index (χ1v) is 9.48. The predicted octanol–water partition coefficient (Wildman–Crippen LogP) is 3.12. The van der Waals surface area contributed by atoms with Crippen molar-refractivity contribution in [2.45, 2.75) is 20.3 Å². The first kappa shape index (κ1) is 18.7. The summed E-state index contributed by atoms with van der Waals surface area (Å²) < 4.78 is 9.31. The van der Waals surface area contributed by atoms with Gasteiger partial charge in [-0.15, -0.1) is 10.2 Å². The minimum atomic E-state index is -0.0962. The lowest BCUT2D eigenvalue weighted by molar-refractivity contribution is 0.0953. The molecule has 0 bridgehead atoms. The molecule has 4 aromatic rings. The molecule has 0 fully saturated rings. The molecule has 7 nitrogen and oxygen atoms in total. The third-order valence-electron chi connectivity index (χ3n) is 5.01. The average Bonchev–Trinajstić information content (AvgIpc) is 3.28. The molecule has 1 amide bonds. The van der Waals surface area contributed by atoms with E-state index < -0.39 is 0 Å². The summed E-state index contributed by atoms with van der Waals surface area (Å²) >= 11 is 0. The topological polar surface area (TPSA) is 73.4 Å². The Labute approximate surface area is 169 Å². The first-order valence-electron chi connectivity index (χ1n) is 9.48. The summed E-state index contributed by atoms with van der Waals surface area (Å²) in [6.07, 6.45) is 2.53. The minimum absolute atomic E-state index is 0.0962. The Kier molecular flexibility index (Phi) is 5.03. The van der Waals surface area contributed by atoms with E-state index in [-0.39, 0.29) is 5.91 Å². The molecule has 0 aliphatic rings. The predicted molar refractivity (Wildman–Crippen MR) is 111 cm³/mol. The molecule has 148 valence electrons. The zero-order chi connectivity index (χ0) is 20.4. The maximum atomic E-state index is 12.8. The number of methoxy groups -OCH3 is 1. The van der Waals surface area contributed by atoms with Gasteiger partial charge in [0.15, 0.2) is 5.65 Å². The molecule has 0 unspecified atom stereocenters. The van der Waals surface area contributed by atoms with Gasteiger partial charge in [0.2, 0.25) is 0 Å². The van der Waals surface area contributed by atoms with Crippen LogP contribution in [-0.2, 0) is 6.42 Å². The van der Waals surface area contributed by atoms with Gasteiger partial charge in [0.05, 0.1) is 12.7 Å². The molecule has 1 aromatic carbocycles. The van der Waals surface area contributed by atoms with E-state index in [1.807, 2.05) is 73.0 Å². The van der Waals surface area contributed by atoms with Crippen molar-refractivity contribution in [3.8, 4) is 11.4 Å². The van der Waals surface area contributed by atoms with Gasteiger partial charge in [-0.2, -0.15) is 0 Å². The Bertz CT molecular complexity index is 1180. The van der Waals surface area contributed by atoms with E-state index >= 15 is 0 Å². The van der Waals surface area contributed by atoms with Crippen molar-refractivity contribution in [1.82, 2.24) is 24.5 Å². The van der Waals surface area contributed by atoms with Crippen molar-refractivity contribution >= 4 is 11.6 Å². The maximum absolute atomic E-state index is 12.8. The van der Waals surface area contributed by atoms with Crippen LogP contribution in [0.25, 0.3) is 11.3 Å². The summed E-state index contributed by atoms with van der Waals surface area (Å²) in [5, 5.41) is 11.3. The van der Waals surface area contributed by atoms with Crippen molar-refractivity contribution in [2.75, 3.05) is 13.7 Å². The van der Waals surface area contributed by atoms with Crippen LogP contribution in [0.2, 0.25) is 0 Å². The van der Waals surface area contributed by atoms with Gasteiger partial charge in [0, 0.05) is 42.3 Å². The number of hydrogen-bond donors (Lipinski definition) is 1. The number of aryl methyl sites for hydroxylation is 1. The molecule has 7 heteroatoms. The molecule has 0 spiro atoms. The summed E-state index contributed by atoms with van der Waals surface area (Å²) in [4.78, 5) is 12.8. The van der Waals surface area contributed by atoms with Gasteiger partial charge in [0.25, 0.3) is 5.91 Å². The molecule has 29 heavy (non-hydrogen) atoms. The molecular formula is C22H23N5O2. The second kappa shape index (κ2) is 7.79. The molecule has 0 aliphatic carbocycles. The number of ether oxygens (including phenoxy) is 1. The number of carbonyl (C=O) groups excluding carboxylic acids is 1. The van der Waals surface area contributed by atoms with Crippen LogP contribution < -0.4 is 10.1 Å². The largest absolute Gasteiger partial charge is 0.497 e. The van der Waals surface area contributed by atoms with Crippen molar-refractivity contribution in [2.24, 2.45) is 0 Å². The van der Waals surface area contributed by atoms with Crippen LogP contribution in [0.3, 0.4) is 0 Å². The summed E-state index contributed by atoms with van der Waals surface area (Å²) in [7, 11) is 1.64. The molecule has 0 saturated carbocycles. The van der Waals surface area contributed by atoms with E-state index in [4.69, 9.17) is 4.74 Å². The van der Waals surface area contributed by atoms with E-state index in [0.29, 0.717) is 18.5 Å². The highest BCUT2D eigenvalue weighted by Crippen LogP contribution is 2.23. The number of nitrogens with zero attached hydrogens (tertiary/aromatic N) is 4. The molecule has 0 aliphatic heterocycles. The van der Waals surface area contributed by atoms with Gasteiger partial charge in [-0.1, -0.05) is 12.1 Å². The van der Waals surface area contributed by atoms with E-state index in [9.17, 15) is 4.79 Å². The fraction of sp³-hybridized carbons (Fsp3) is 0.227. The third-order valence-corrected chi connectivity index (χ3v) is 5.01. The first-order chi connectivity index (χ1) is 14.1. The van der Waals surface area contributed by atoms with Gasteiger partial charge in [-0.05, 0) is 44.2 Å². The number of pyridine rings is 1. The van der Waals surface area contributed by atoms with E-state index in [0.717, 1.165) is 34.3 Å². The van der Waals surface area contributed by atoms with Crippen LogP contribution >= 0.6 is 0 Å². The maximum Gasteiger partial charge on any atom is 0.253 e. The molecular weight excluding hydrogens is 366 g/mol. The second-order valence-corrected chi connectivity index (χ2v) is 6.87. The lowest BCUT2D eigenvalue weighted by Crippen LogP contribution is -2.26. The van der Waals surface area contributed by atoms with Crippen molar-refractivity contribution in [1.29, 1.82) is 0 Å². The second-order valence-electron chi connectivity index (χ2n) is 6.87. The molecule has 3 heterocycles. The number of hydrogen-bond acceptors (Lipinski definition) is 4. The van der Waals surface area contributed by atoms with Crippen molar-refractivity contribution in [3.63, 3.8) is 0 Å². The molecule has 4 rings (SSSR count). The van der Waals surface area contributed by atoms with Crippen LogP contribution in [0.15, 0.2) is 54.7 Å². The van der Waals surface area contributed by atoms with Gasteiger partial charge in [0.1, 0.15) is 11.6 Å². The summed E-state index contributed by atoms with van der Waals surface area (Å²) in [5.41, 5.74) is 4.31. The number of aromatic nitrogens is 4. The van der Waals surface area contributed by atoms with Crippen LogP contribution in [0.5, 0.6) is 5.75 Å². The monoisotopic (exact) mass is 389 g/mol. The standard InChI is InChI=1S/C22H23N5O2/c1-15-13-19(16(2)27(15)17-7-6-8-18(14-17)29-3)22(28)23-11-10-21-25-24-20-9-4-5-12-26(20)21/h4-9,12-14H,10-11H2,1-3H3,(H,23,28). The number of rotatable bonds is 6. The van der Waals surface area contributed by atoms with Crippen LogP contribution in [0.4, 0.5) is 0 Å². The molecule has 1 N–H and O–H groups in total. The fourth-order valence-electron chi connectivity index (χ4n) is 3.58. The lowest BCUT2D eigenvalue weighted by atomic mass is 10.2. The highest BCUT2D eigenvalue weighted by atomic mass is 16.5. The highest BCUT2D eigenvalue weighted by Gasteiger charge is 2.17. The molecule has 3 aromatic heterocycles. The summed E-state index contributed by atoms with van der Waals surface area (Å²) in [5.74, 6) is 1.50. The molecule has 0 atom stereocenters. The van der Waals surface area contributed by atoms with Crippen molar-refractivity contribution in [3.05, 3.63) is 77.5 Å². The summed E-state index contributed by atoms with van der Waals surface area (Å²) in [6.45, 7) is 4.43. The number of nitrogens with one attached hydrogen (secondary N) is 1. The van der Waals surface area contributed by atoms with Gasteiger partial charge in [-0.3, -0.25) is 9.20 Å². The highest BCUT2D eigenvalue weighted by molar-refractivity contribution is 5.95. The normalized spacial score (nSPS) is 11.0. The number of benzene rings is 1. The zero-order valence-electron chi connectivity index (χ0n) is 16.7. The van der Waals surface area contributed by atoms with Crippen molar-refractivity contribution < 1.29 is 9.53 Å². The van der Waals surface area contributed by atoms with Gasteiger partial charge in [-0.25, -0.2) is 0 Å². The van der Waals surface area contributed by atoms with E-state index in [1.165, 1.54) is 0 Å². The quantitative estimate of drug-likeness (QED) is 0.550. The number of fused-ring (bicyclic) bond motifs is 1. The average molecular weight is 389 g/mol. The van der Waals surface area contributed by atoms with Crippen LogP contribution in [0.1, 0.15) is 27.6 Å². The van der Waals surface area contributed by atoms with Gasteiger partial charge >= 0.3 is 0 Å². The number of carbonyl (C=O) groups is 1. The molecule has 0 radical (unpaired) electrons. The van der Waals surface area contributed by atoms with Crippen LogP contribution in [0, 0.1) is 13.8 Å². The third kappa shape index (κ3) is 3.59. The SMILES string of the molecule is COc1cccc(-n2c(C)cc(C(=O)NCCc3nnc4ccccn34)c2C)c1. The lowest BCUT2D eigenvalue weighted by Gasteiger charge is -2.11. The van der Waals surface area contributed by atoms with Gasteiger partial charge < -0.3 is 14.6 Å². The van der Waals surface area contributed by atoms with E-state index in [2.05, 4.69) is 20.1 Å². The molecule has 0 saturated heterocycles. The zero-order valence-corrected chi connectivity index (χ0v) is 16.7. The van der Waals surface area contributed by atoms with E-state index in [1.54, 1.807) is 7.11 Å².